The van der Waals surface area contributed by atoms with Crippen LogP contribution < -0.4 is 0 Å². The topological polar surface area (TPSA) is 56.7 Å². The molecule has 0 spiro atoms. The van der Waals surface area contributed by atoms with E-state index in [0.29, 0.717) is 17.5 Å². The molecule has 0 aliphatic carbocycles. The molecule has 5 heteroatoms. The number of para-hydroxylation sites is 2. The molecule has 0 radical (unpaired) electrons. The molecule has 0 aliphatic rings. The van der Waals surface area contributed by atoms with Crippen molar-refractivity contribution in [3.8, 4) is 51.0 Å². The van der Waals surface area contributed by atoms with Crippen molar-refractivity contribution in [3.63, 3.8) is 0 Å². The standard InChI is InChI=1S/C49H30N4O/c1-3-13-31(14-4-1)32-23-25-35(26-24-32)48-50-47(34-16-5-2-6-17-34)51-49(52-48)40-29-30-42(46-44(40)39-20-10-12-22-43(39)54-46)53-41-21-11-9-19-37(41)38-28-27-33-15-7-8-18-36(33)45(38)53/h1-30H. The second-order valence-corrected chi connectivity index (χ2v) is 13.6. The highest BCUT2D eigenvalue weighted by molar-refractivity contribution is 6.20. The molecular formula is C49H30N4O. The predicted octanol–water partition coefficient (Wildman–Crippen LogP) is 12.7. The van der Waals surface area contributed by atoms with Gasteiger partial charge in [0.15, 0.2) is 23.1 Å². The number of hydrogen-bond donors (Lipinski definition) is 0. The Bertz CT molecular complexity index is 3200. The zero-order valence-corrected chi connectivity index (χ0v) is 29.0. The number of furan rings is 1. The molecule has 54 heavy (non-hydrogen) atoms. The Kier molecular flexibility index (Phi) is 6.79. The predicted molar refractivity (Wildman–Crippen MR) is 221 cm³/mol. The van der Waals surface area contributed by atoms with Crippen LogP contribution in [0.3, 0.4) is 0 Å². The Hall–Kier alpha value is -7.37. The first kappa shape index (κ1) is 30.3. The zero-order chi connectivity index (χ0) is 35.6. The molecule has 0 amide bonds. The largest absolute Gasteiger partial charge is 0.454 e. The fraction of sp³-hybridized carbons (Fsp3) is 0. The van der Waals surface area contributed by atoms with E-state index in [9.17, 15) is 0 Å². The van der Waals surface area contributed by atoms with Crippen LogP contribution in [0.2, 0.25) is 0 Å². The quantitative estimate of drug-likeness (QED) is 0.180. The number of aromatic nitrogens is 4. The summed E-state index contributed by atoms with van der Waals surface area (Å²) >= 11 is 0. The normalized spacial score (nSPS) is 11.7. The summed E-state index contributed by atoms with van der Waals surface area (Å²) in [6.45, 7) is 0. The highest BCUT2D eigenvalue weighted by Crippen LogP contribution is 2.43. The fourth-order valence-electron chi connectivity index (χ4n) is 7.94. The van der Waals surface area contributed by atoms with E-state index in [2.05, 4.69) is 138 Å². The van der Waals surface area contributed by atoms with Crippen molar-refractivity contribution in [1.29, 1.82) is 0 Å². The minimum Gasteiger partial charge on any atom is -0.454 e. The Morgan fingerprint density at radius 2 is 0.963 bits per heavy atom. The van der Waals surface area contributed by atoms with Gasteiger partial charge in [0.25, 0.3) is 0 Å². The van der Waals surface area contributed by atoms with Gasteiger partial charge in [-0.25, -0.2) is 15.0 Å². The van der Waals surface area contributed by atoms with Gasteiger partial charge >= 0.3 is 0 Å². The lowest BCUT2D eigenvalue weighted by Gasteiger charge is -2.13. The van der Waals surface area contributed by atoms with Crippen LogP contribution in [0.15, 0.2) is 186 Å². The first-order chi connectivity index (χ1) is 26.8. The lowest BCUT2D eigenvalue weighted by atomic mass is 10.0. The van der Waals surface area contributed by atoms with Gasteiger partial charge in [-0.2, -0.15) is 0 Å². The van der Waals surface area contributed by atoms with Crippen molar-refractivity contribution in [2.24, 2.45) is 0 Å². The molecule has 11 aromatic rings. The Morgan fingerprint density at radius 3 is 1.74 bits per heavy atom. The van der Waals surface area contributed by atoms with Crippen molar-refractivity contribution >= 4 is 54.5 Å². The monoisotopic (exact) mass is 690 g/mol. The molecule has 0 unspecified atom stereocenters. The van der Waals surface area contributed by atoms with Gasteiger partial charge in [-0.3, -0.25) is 0 Å². The highest BCUT2D eigenvalue weighted by Gasteiger charge is 2.23. The molecular weight excluding hydrogens is 661 g/mol. The van der Waals surface area contributed by atoms with Crippen molar-refractivity contribution in [2.45, 2.75) is 0 Å². The Morgan fingerprint density at radius 1 is 0.389 bits per heavy atom. The molecule has 11 rings (SSSR count). The lowest BCUT2D eigenvalue weighted by Crippen LogP contribution is -2.01. The number of nitrogens with zero attached hydrogens (tertiary/aromatic N) is 4. The van der Waals surface area contributed by atoms with Crippen molar-refractivity contribution in [2.75, 3.05) is 0 Å². The van der Waals surface area contributed by atoms with Crippen LogP contribution in [0.1, 0.15) is 0 Å². The molecule has 5 nitrogen and oxygen atoms in total. The average molecular weight is 691 g/mol. The molecule has 0 fully saturated rings. The van der Waals surface area contributed by atoms with Crippen molar-refractivity contribution in [1.82, 2.24) is 19.5 Å². The second-order valence-electron chi connectivity index (χ2n) is 13.6. The minimum absolute atomic E-state index is 0.585. The van der Waals surface area contributed by atoms with E-state index in [1.165, 1.54) is 21.5 Å². The first-order valence-corrected chi connectivity index (χ1v) is 18.1. The Labute approximate surface area is 310 Å². The lowest BCUT2D eigenvalue weighted by molar-refractivity contribution is 0.666. The van der Waals surface area contributed by atoms with E-state index in [1.54, 1.807) is 0 Å². The smallest absolute Gasteiger partial charge is 0.164 e. The summed E-state index contributed by atoms with van der Waals surface area (Å²) in [5.41, 5.74) is 9.83. The van der Waals surface area contributed by atoms with Crippen LogP contribution >= 0.6 is 0 Å². The molecule has 3 aromatic heterocycles. The van der Waals surface area contributed by atoms with Gasteiger partial charge in [0.05, 0.1) is 16.7 Å². The highest BCUT2D eigenvalue weighted by atomic mass is 16.3. The van der Waals surface area contributed by atoms with Gasteiger partial charge in [-0.1, -0.05) is 158 Å². The summed E-state index contributed by atoms with van der Waals surface area (Å²) in [6, 6.07) is 63.2. The molecule has 0 saturated carbocycles. The van der Waals surface area contributed by atoms with Crippen LogP contribution in [-0.2, 0) is 0 Å². The van der Waals surface area contributed by atoms with E-state index in [1.807, 2.05) is 48.5 Å². The number of hydrogen-bond acceptors (Lipinski definition) is 4. The summed E-state index contributed by atoms with van der Waals surface area (Å²) in [6.07, 6.45) is 0. The zero-order valence-electron chi connectivity index (χ0n) is 29.0. The summed E-state index contributed by atoms with van der Waals surface area (Å²) in [5, 5.41) is 6.74. The maximum absolute atomic E-state index is 6.87. The third-order valence-corrected chi connectivity index (χ3v) is 10.5. The molecule has 0 N–H and O–H groups in total. The van der Waals surface area contributed by atoms with E-state index >= 15 is 0 Å². The van der Waals surface area contributed by atoms with Gasteiger partial charge in [0.2, 0.25) is 0 Å². The Balaban J connectivity index is 1.18. The molecule has 0 saturated heterocycles. The van der Waals surface area contributed by atoms with Crippen LogP contribution in [0, 0.1) is 0 Å². The van der Waals surface area contributed by atoms with Gasteiger partial charge in [-0.05, 0) is 40.8 Å². The first-order valence-electron chi connectivity index (χ1n) is 18.1. The average Bonchev–Trinajstić information content (AvgIpc) is 3.81. The van der Waals surface area contributed by atoms with Crippen LogP contribution in [-0.4, -0.2) is 19.5 Å². The second kappa shape index (κ2) is 12.1. The number of fused-ring (bicyclic) bond motifs is 8. The fourth-order valence-corrected chi connectivity index (χ4v) is 7.94. The molecule has 0 bridgehead atoms. The van der Waals surface area contributed by atoms with Gasteiger partial charge in [0, 0.05) is 43.6 Å². The van der Waals surface area contributed by atoms with Crippen LogP contribution in [0.4, 0.5) is 0 Å². The number of benzene rings is 8. The van der Waals surface area contributed by atoms with Crippen molar-refractivity contribution in [3.05, 3.63) is 182 Å². The van der Waals surface area contributed by atoms with E-state index < -0.39 is 0 Å². The summed E-state index contributed by atoms with van der Waals surface area (Å²) in [7, 11) is 0. The van der Waals surface area contributed by atoms with Crippen LogP contribution in [0.25, 0.3) is 105 Å². The summed E-state index contributed by atoms with van der Waals surface area (Å²) in [4.78, 5) is 15.4. The van der Waals surface area contributed by atoms with Gasteiger partial charge < -0.3 is 8.98 Å². The summed E-state index contributed by atoms with van der Waals surface area (Å²) in [5.74, 6) is 1.81. The number of rotatable bonds is 5. The molecule has 8 aromatic carbocycles. The van der Waals surface area contributed by atoms with E-state index in [-0.39, 0.29) is 0 Å². The molecule has 252 valence electrons. The van der Waals surface area contributed by atoms with Gasteiger partial charge in [-0.15, -0.1) is 0 Å². The van der Waals surface area contributed by atoms with Gasteiger partial charge in [0.1, 0.15) is 5.58 Å². The van der Waals surface area contributed by atoms with E-state index in [4.69, 9.17) is 19.4 Å². The maximum Gasteiger partial charge on any atom is 0.164 e. The SMILES string of the molecule is c1ccc(-c2ccc(-c3nc(-c4ccccc4)nc(-c4ccc(-n5c6ccccc6c6ccc7ccccc7c65)c5oc6ccccc6c45)n3)cc2)cc1. The maximum atomic E-state index is 6.87. The minimum atomic E-state index is 0.585. The molecule has 3 heterocycles. The third kappa shape index (κ3) is 4.76. The van der Waals surface area contributed by atoms with Crippen molar-refractivity contribution < 1.29 is 4.42 Å². The third-order valence-electron chi connectivity index (χ3n) is 10.5. The molecule has 0 aliphatic heterocycles. The summed E-state index contributed by atoms with van der Waals surface area (Å²) < 4.78 is 9.24. The van der Waals surface area contributed by atoms with Crippen LogP contribution in [0.5, 0.6) is 0 Å². The molecule has 0 atom stereocenters. The van der Waals surface area contributed by atoms with E-state index in [0.717, 1.165) is 66.5 Å².